The molecule has 0 aromatic heterocycles. The number of rotatable bonds is 4. The fourth-order valence-electron chi connectivity index (χ4n) is 2.76. The molecule has 1 aromatic carbocycles. The first-order valence-corrected chi connectivity index (χ1v) is 7.77. The van der Waals surface area contributed by atoms with Gasteiger partial charge in [-0.15, -0.1) is 0 Å². The van der Waals surface area contributed by atoms with Crippen LogP contribution in [-0.4, -0.2) is 61.8 Å². The lowest BCUT2D eigenvalue weighted by molar-refractivity contribution is -0.0734. The predicted molar refractivity (Wildman–Crippen MR) is 87.9 cm³/mol. The smallest absolute Gasteiger partial charge is 0.317 e. The number of morpholine rings is 1. The van der Waals surface area contributed by atoms with E-state index in [2.05, 4.69) is 22.3 Å². The second-order valence-corrected chi connectivity index (χ2v) is 6.61. The molecule has 5 nitrogen and oxygen atoms in total. The Morgan fingerprint density at radius 1 is 1.36 bits per heavy atom. The van der Waals surface area contributed by atoms with Crippen molar-refractivity contribution in [1.29, 1.82) is 0 Å². The van der Waals surface area contributed by atoms with Crippen molar-refractivity contribution in [3.05, 3.63) is 35.9 Å². The summed E-state index contributed by atoms with van der Waals surface area (Å²) in [5.41, 5.74) is 0.936. The topological polar surface area (TPSA) is 44.8 Å². The third-order valence-corrected chi connectivity index (χ3v) is 3.97. The van der Waals surface area contributed by atoms with Crippen molar-refractivity contribution in [2.75, 3.05) is 40.3 Å². The summed E-state index contributed by atoms with van der Waals surface area (Å²) in [6.07, 6.45) is 0. The summed E-state index contributed by atoms with van der Waals surface area (Å²) >= 11 is 0. The van der Waals surface area contributed by atoms with Crippen LogP contribution in [0.25, 0.3) is 0 Å². The number of urea groups is 1. The molecule has 1 saturated heterocycles. The number of nitrogens with one attached hydrogen (secondary N) is 1. The number of carbonyl (C=O) groups excluding carboxylic acids is 1. The van der Waals surface area contributed by atoms with Gasteiger partial charge in [-0.25, -0.2) is 4.79 Å². The van der Waals surface area contributed by atoms with Gasteiger partial charge in [-0.2, -0.15) is 0 Å². The molecular weight excluding hydrogens is 278 g/mol. The number of hydrogen-bond acceptors (Lipinski definition) is 3. The Bertz CT molecular complexity index is 488. The Hall–Kier alpha value is -1.59. The minimum Gasteiger partial charge on any atom is -0.372 e. The molecular formula is C17H27N3O2. The van der Waals surface area contributed by atoms with Crippen molar-refractivity contribution >= 4 is 6.03 Å². The van der Waals surface area contributed by atoms with Crippen LogP contribution >= 0.6 is 0 Å². The molecule has 0 bridgehead atoms. The van der Waals surface area contributed by atoms with Gasteiger partial charge in [0.05, 0.1) is 24.8 Å². The second kappa shape index (κ2) is 7.11. The highest BCUT2D eigenvalue weighted by Gasteiger charge is 2.30. The first-order chi connectivity index (χ1) is 10.4. The van der Waals surface area contributed by atoms with E-state index >= 15 is 0 Å². The summed E-state index contributed by atoms with van der Waals surface area (Å²) in [5, 5.41) is 3.06. The molecule has 2 amide bonds. The van der Waals surface area contributed by atoms with Gasteiger partial charge in [0.15, 0.2) is 0 Å². The molecule has 0 aliphatic carbocycles. The van der Waals surface area contributed by atoms with E-state index in [0.29, 0.717) is 26.2 Å². The molecule has 0 spiro atoms. The van der Waals surface area contributed by atoms with Crippen LogP contribution in [0.2, 0.25) is 0 Å². The van der Waals surface area contributed by atoms with Gasteiger partial charge in [0, 0.05) is 13.1 Å². The number of amides is 2. The monoisotopic (exact) mass is 305 g/mol. The summed E-state index contributed by atoms with van der Waals surface area (Å²) in [4.78, 5) is 16.3. The van der Waals surface area contributed by atoms with Gasteiger partial charge in [-0.05, 0) is 33.5 Å². The number of nitrogens with zero attached hydrogens (tertiary/aromatic N) is 2. The van der Waals surface area contributed by atoms with Crippen molar-refractivity contribution in [2.45, 2.75) is 25.5 Å². The Kier molecular flexibility index (Phi) is 5.42. The summed E-state index contributed by atoms with van der Waals surface area (Å²) in [6, 6.07) is 10.4. The maximum absolute atomic E-state index is 12.4. The van der Waals surface area contributed by atoms with E-state index in [1.807, 2.05) is 51.0 Å². The molecule has 5 heteroatoms. The molecule has 1 heterocycles. The van der Waals surface area contributed by atoms with Crippen LogP contribution in [0, 0.1) is 0 Å². The van der Waals surface area contributed by atoms with Crippen LogP contribution in [0.1, 0.15) is 25.5 Å². The fraction of sp³-hybridized carbons (Fsp3) is 0.588. The van der Waals surface area contributed by atoms with Crippen LogP contribution < -0.4 is 5.32 Å². The van der Waals surface area contributed by atoms with Crippen LogP contribution in [0.4, 0.5) is 4.79 Å². The molecule has 1 aliphatic rings. The number of ether oxygens (including phenoxy) is 1. The summed E-state index contributed by atoms with van der Waals surface area (Å²) in [7, 11) is 4.06. The van der Waals surface area contributed by atoms with E-state index in [-0.39, 0.29) is 17.7 Å². The number of carbonyl (C=O) groups is 1. The third kappa shape index (κ3) is 4.45. The zero-order valence-corrected chi connectivity index (χ0v) is 14.0. The highest BCUT2D eigenvalue weighted by molar-refractivity contribution is 5.74. The number of benzene rings is 1. The maximum Gasteiger partial charge on any atom is 0.317 e. The van der Waals surface area contributed by atoms with Crippen molar-refractivity contribution in [3.63, 3.8) is 0 Å². The van der Waals surface area contributed by atoms with Gasteiger partial charge in [0.25, 0.3) is 0 Å². The Labute approximate surface area is 133 Å². The van der Waals surface area contributed by atoms with Gasteiger partial charge < -0.3 is 19.9 Å². The van der Waals surface area contributed by atoms with E-state index in [1.165, 1.54) is 5.56 Å². The molecule has 0 radical (unpaired) electrons. The van der Waals surface area contributed by atoms with E-state index in [4.69, 9.17) is 4.74 Å². The van der Waals surface area contributed by atoms with E-state index in [9.17, 15) is 4.79 Å². The third-order valence-electron chi connectivity index (χ3n) is 3.97. The lowest BCUT2D eigenvalue weighted by Gasteiger charge is -2.38. The molecule has 1 unspecified atom stereocenters. The minimum atomic E-state index is -0.268. The Morgan fingerprint density at radius 2 is 2.05 bits per heavy atom. The molecule has 1 aromatic rings. The molecule has 1 aliphatic heterocycles. The quantitative estimate of drug-likeness (QED) is 0.926. The van der Waals surface area contributed by atoms with E-state index in [1.54, 1.807) is 0 Å². The lowest BCUT2D eigenvalue weighted by atomic mass is 10.1. The van der Waals surface area contributed by atoms with Crippen LogP contribution in [0.5, 0.6) is 0 Å². The lowest BCUT2D eigenvalue weighted by Crippen LogP contribution is -2.54. The molecule has 1 atom stereocenters. The van der Waals surface area contributed by atoms with Crippen molar-refractivity contribution < 1.29 is 9.53 Å². The standard InChI is InChI=1S/C17H27N3O2/c1-17(2)13-20(10-11-22-17)16(21)18-12-15(19(3)4)14-8-6-5-7-9-14/h5-9,15H,10-13H2,1-4H3,(H,18,21). The summed E-state index contributed by atoms with van der Waals surface area (Å²) in [6.45, 7) is 6.48. The minimum absolute atomic E-state index is 0.0147. The van der Waals surface area contributed by atoms with Gasteiger partial charge >= 0.3 is 6.03 Å². The summed E-state index contributed by atoms with van der Waals surface area (Å²) in [5.74, 6) is 0. The molecule has 0 saturated carbocycles. The average Bonchev–Trinajstić information content (AvgIpc) is 2.47. The largest absolute Gasteiger partial charge is 0.372 e. The first kappa shape index (κ1) is 16.8. The Morgan fingerprint density at radius 3 is 2.64 bits per heavy atom. The van der Waals surface area contributed by atoms with E-state index < -0.39 is 0 Å². The van der Waals surface area contributed by atoms with Crippen LogP contribution in [0.15, 0.2) is 30.3 Å². The highest BCUT2D eigenvalue weighted by atomic mass is 16.5. The van der Waals surface area contributed by atoms with E-state index in [0.717, 1.165) is 0 Å². The Balaban J connectivity index is 1.94. The predicted octanol–water partition coefficient (Wildman–Crippen LogP) is 2.11. The number of hydrogen-bond donors (Lipinski definition) is 1. The van der Waals surface area contributed by atoms with Crippen LogP contribution in [-0.2, 0) is 4.74 Å². The zero-order valence-electron chi connectivity index (χ0n) is 14.0. The van der Waals surface area contributed by atoms with Gasteiger partial charge in [-0.3, -0.25) is 0 Å². The average molecular weight is 305 g/mol. The normalized spacial score (nSPS) is 19.0. The number of likely N-dealkylation sites (N-methyl/N-ethyl adjacent to an activating group) is 1. The first-order valence-electron chi connectivity index (χ1n) is 7.77. The van der Waals surface area contributed by atoms with Gasteiger partial charge in [0.1, 0.15) is 0 Å². The van der Waals surface area contributed by atoms with Crippen LogP contribution in [0.3, 0.4) is 0 Å². The molecule has 1 fully saturated rings. The van der Waals surface area contributed by atoms with Crippen molar-refractivity contribution in [1.82, 2.24) is 15.1 Å². The molecule has 122 valence electrons. The molecule has 22 heavy (non-hydrogen) atoms. The fourth-order valence-corrected chi connectivity index (χ4v) is 2.76. The highest BCUT2D eigenvalue weighted by Crippen LogP contribution is 2.18. The summed E-state index contributed by atoms with van der Waals surface area (Å²) < 4.78 is 5.65. The van der Waals surface area contributed by atoms with Crippen molar-refractivity contribution in [2.24, 2.45) is 0 Å². The maximum atomic E-state index is 12.4. The molecule has 2 rings (SSSR count). The van der Waals surface area contributed by atoms with Crippen molar-refractivity contribution in [3.8, 4) is 0 Å². The zero-order chi connectivity index (χ0) is 16.2. The SMILES string of the molecule is CN(C)C(CNC(=O)N1CCOC(C)(C)C1)c1ccccc1. The van der Waals surface area contributed by atoms with Gasteiger partial charge in [-0.1, -0.05) is 30.3 Å². The molecule has 1 N–H and O–H groups in total. The second-order valence-electron chi connectivity index (χ2n) is 6.61. The van der Waals surface area contributed by atoms with Gasteiger partial charge in [0.2, 0.25) is 0 Å².